The van der Waals surface area contributed by atoms with E-state index in [2.05, 4.69) is 190 Å². The molecule has 0 saturated carbocycles. The molecule has 9 rings (SSSR count). The molecular formula is C50H42IrN2OSi-2. The largest absolute Gasteiger partial charge is 0.501 e. The van der Waals surface area contributed by atoms with Crippen LogP contribution in [0.5, 0.6) is 0 Å². The summed E-state index contributed by atoms with van der Waals surface area (Å²) in [6.45, 7) is 11.4. The monoisotopic (exact) mass is 907 g/mol. The number of hydrogen-bond acceptors (Lipinski definition) is 3. The number of rotatable bonds is 6. The maximum atomic E-state index is 6.36. The molecule has 0 spiro atoms. The van der Waals surface area contributed by atoms with E-state index in [1.54, 1.807) is 0 Å². The summed E-state index contributed by atoms with van der Waals surface area (Å²) < 4.78 is 6.36. The van der Waals surface area contributed by atoms with E-state index >= 15 is 0 Å². The van der Waals surface area contributed by atoms with Gasteiger partial charge in [0, 0.05) is 43.8 Å². The van der Waals surface area contributed by atoms with Crippen molar-refractivity contribution in [1.82, 2.24) is 9.97 Å². The van der Waals surface area contributed by atoms with Crippen LogP contribution in [0.2, 0.25) is 19.6 Å². The third-order valence-electron chi connectivity index (χ3n) is 10.2. The molecule has 3 heterocycles. The molecule has 0 aliphatic heterocycles. The van der Waals surface area contributed by atoms with Crippen molar-refractivity contribution >= 4 is 46.0 Å². The first-order valence-corrected chi connectivity index (χ1v) is 22.1. The van der Waals surface area contributed by atoms with E-state index in [4.69, 9.17) is 9.40 Å². The smallest absolute Gasteiger partial charge is 0.121 e. The first-order chi connectivity index (χ1) is 26.2. The molecule has 0 saturated heterocycles. The Hall–Kier alpha value is -5.45. The number of hydrogen-bond donors (Lipinski definition) is 0. The summed E-state index contributed by atoms with van der Waals surface area (Å²) in [7, 11) is -1.47. The van der Waals surface area contributed by atoms with E-state index in [-0.39, 0.29) is 26.0 Å². The fourth-order valence-corrected chi connectivity index (χ4v) is 8.68. The second kappa shape index (κ2) is 16.1. The SMILES string of the molecule is CC(c1ccccc1)c1ccnc(-c2[c-]ccc3c2oc2ccc4ccccc4c23)c1.Cc1c[c-]c(-c2cc(-c3ccccc3)c([Si](C)(C)C)cn2)cc1.[Ir]. The van der Waals surface area contributed by atoms with Gasteiger partial charge < -0.3 is 14.4 Å². The predicted molar refractivity (Wildman–Crippen MR) is 229 cm³/mol. The van der Waals surface area contributed by atoms with Crippen molar-refractivity contribution < 1.29 is 24.5 Å². The van der Waals surface area contributed by atoms with E-state index in [0.717, 1.165) is 44.5 Å². The summed E-state index contributed by atoms with van der Waals surface area (Å²) in [4.78, 5) is 9.41. The second-order valence-corrected chi connectivity index (χ2v) is 20.0. The van der Waals surface area contributed by atoms with Crippen LogP contribution in [-0.4, -0.2) is 18.0 Å². The predicted octanol–water partition coefficient (Wildman–Crippen LogP) is 12.8. The van der Waals surface area contributed by atoms with Gasteiger partial charge in [0.15, 0.2) is 0 Å². The molecule has 6 aromatic carbocycles. The Morgan fingerprint density at radius 3 is 2.16 bits per heavy atom. The number of benzene rings is 6. The summed E-state index contributed by atoms with van der Waals surface area (Å²) in [5.74, 6) is 0.279. The molecule has 0 aliphatic carbocycles. The van der Waals surface area contributed by atoms with Crippen LogP contribution in [0.3, 0.4) is 0 Å². The molecule has 0 fully saturated rings. The third kappa shape index (κ3) is 7.88. The molecule has 1 unspecified atom stereocenters. The van der Waals surface area contributed by atoms with Gasteiger partial charge >= 0.3 is 0 Å². The van der Waals surface area contributed by atoms with Crippen molar-refractivity contribution in [3.63, 3.8) is 0 Å². The zero-order valence-corrected chi connectivity index (χ0v) is 35.1. The van der Waals surface area contributed by atoms with Gasteiger partial charge in [-0.1, -0.05) is 148 Å². The van der Waals surface area contributed by atoms with Crippen molar-refractivity contribution in [2.75, 3.05) is 0 Å². The minimum atomic E-state index is -1.47. The van der Waals surface area contributed by atoms with Crippen LogP contribution >= 0.6 is 0 Å². The Morgan fingerprint density at radius 1 is 0.673 bits per heavy atom. The zero-order chi connectivity index (χ0) is 37.2. The van der Waals surface area contributed by atoms with Gasteiger partial charge in [0.25, 0.3) is 0 Å². The molecule has 1 radical (unpaired) electrons. The van der Waals surface area contributed by atoms with Gasteiger partial charge in [-0.2, -0.15) is 0 Å². The summed E-state index contributed by atoms with van der Waals surface area (Å²) in [5.41, 5.74) is 11.9. The van der Waals surface area contributed by atoms with Gasteiger partial charge in [0.2, 0.25) is 0 Å². The van der Waals surface area contributed by atoms with Crippen LogP contribution in [0.15, 0.2) is 162 Å². The molecule has 273 valence electrons. The van der Waals surface area contributed by atoms with Crippen LogP contribution in [0.1, 0.15) is 29.5 Å². The first kappa shape index (κ1) is 37.8. The molecule has 0 amide bonds. The van der Waals surface area contributed by atoms with Gasteiger partial charge in [-0.3, -0.25) is 0 Å². The third-order valence-corrected chi connectivity index (χ3v) is 12.2. The molecule has 1 atom stereocenters. The van der Waals surface area contributed by atoms with E-state index < -0.39 is 8.07 Å². The van der Waals surface area contributed by atoms with Gasteiger partial charge in [0.05, 0.1) is 13.7 Å². The second-order valence-electron chi connectivity index (χ2n) is 15.0. The molecular weight excluding hydrogens is 865 g/mol. The minimum Gasteiger partial charge on any atom is -0.501 e. The van der Waals surface area contributed by atoms with E-state index in [0.29, 0.717) is 0 Å². The van der Waals surface area contributed by atoms with Crippen LogP contribution in [0.4, 0.5) is 0 Å². The topological polar surface area (TPSA) is 38.9 Å². The summed E-state index contributed by atoms with van der Waals surface area (Å²) >= 11 is 0. The van der Waals surface area contributed by atoms with Crippen molar-refractivity contribution in [3.05, 3.63) is 187 Å². The Bertz CT molecular complexity index is 2720. The number of aromatic nitrogens is 2. The molecule has 0 bridgehead atoms. The van der Waals surface area contributed by atoms with Gasteiger partial charge in [0.1, 0.15) is 5.58 Å². The van der Waals surface area contributed by atoms with Gasteiger partial charge in [-0.15, -0.1) is 53.6 Å². The first-order valence-electron chi connectivity index (χ1n) is 18.6. The summed E-state index contributed by atoms with van der Waals surface area (Å²) in [6.07, 6.45) is 3.96. The molecule has 0 N–H and O–H groups in total. The Labute approximate surface area is 338 Å². The van der Waals surface area contributed by atoms with Gasteiger partial charge in [-0.25, -0.2) is 0 Å². The Kier molecular flexibility index (Phi) is 11.1. The van der Waals surface area contributed by atoms with Crippen LogP contribution in [-0.2, 0) is 20.1 Å². The average Bonchev–Trinajstić information content (AvgIpc) is 3.61. The Balaban J connectivity index is 0.000000174. The van der Waals surface area contributed by atoms with Gasteiger partial charge in [-0.05, 0) is 61.7 Å². The zero-order valence-electron chi connectivity index (χ0n) is 31.7. The number of aryl methyl sites for hydroxylation is 1. The molecule has 5 heteroatoms. The number of furan rings is 1. The molecule has 3 aromatic heterocycles. The Morgan fingerprint density at radius 2 is 1.42 bits per heavy atom. The summed E-state index contributed by atoms with van der Waals surface area (Å²) in [6, 6.07) is 57.3. The number of pyridine rings is 2. The van der Waals surface area contributed by atoms with Crippen LogP contribution in [0, 0.1) is 19.1 Å². The van der Waals surface area contributed by atoms with Crippen LogP contribution < -0.4 is 5.19 Å². The van der Waals surface area contributed by atoms with Crippen molar-refractivity contribution in [3.8, 4) is 33.6 Å². The van der Waals surface area contributed by atoms with E-state index in [1.165, 1.54) is 43.8 Å². The van der Waals surface area contributed by atoms with E-state index in [9.17, 15) is 0 Å². The molecule has 9 aromatic rings. The molecule has 3 nitrogen and oxygen atoms in total. The maximum absolute atomic E-state index is 6.36. The van der Waals surface area contributed by atoms with Crippen molar-refractivity contribution in [1.29, 1.82) is 0 Å². The average molecular weight is 907 g/mol. The fraction of sp³-hybridized carbons (Fsp3) is 0.120. The van der Waals surface area contributed by atoms with E-state index in [1.807, 2.05) is 18.3 Å². The van der Waals surface area contributed by atoms with Crippen molar-refractivity contribution in [2.24, 2.45) is 0 Å². The normalized spacial score (nSPS) is 11.9. The number of nitrogens with zero attached hydrogens (tertiary/aromatic N) is 2. The quantitative estimate of drug-likeness (QED) is 0.123. The van der Waals surface area contributed by atoms with Crippen molar-refractivity contribution in [2.45, 2.75) is 39.4 Å². The summed E-state index contributed by atoms with van der Waals surface area (Å²) in [5, 5.41) is 6.07. The minimum absolute atomic E-state index is 0. The fourth-order valence-electron chi connectivity index (χ4n) is 7.21. The maximum Gasteiger partial charge on any atom is 0.121 e. The van der Waals surface area contributed by atoms with Crippen LogP contribution in [0.25, 0.3) is 66.4 Å². The molecule has 0 aliphatic rings. The molecule has 55 heavy (non-hydrogen) atoms. The number of fused-ring (bicyclic) bond motifs is 5. The standard InChI is InChI=1S/C29H20NO.C21H22NSi.Ir/c1-19(20-8-3-2-4-9-20)22-16-17-30-26(18-22)24-12-7-13-25-28-23-11-6-5-10-21(23)14-15-27(28)31-29(24)25;1-16-10-12-18(13-11-16)20-14-19(17-8-6-5-7-9-17)21(15-22-20)23(2,3)4;/h2-11,13-19H,1H3;5-12,14-15H,1-4H3;/q2*-1;.